The fourth-order valence-corrected chi connectivity index (χ4v) is 2.40. The first-order valence-electron chi connectivity index (χ1n) is 5.28. The van der Waals surface area contributed by atoms with Crippen LogP contribution in [-0.2, 0) is 11.3 Å². The number of benzene rings is 1. The van der Waals surface area contributed by atoms with Gasteiger partial charge in [-0.15, -0.1) is 23.2 Å². The zero-order valence-corrected chi connectivity index (χ0v) is 11.6. The molecule has 1 aliphatic rings. The maximum absolute atomic E-state index is 12.0. The highest BCUT2D eigenvalue weighted by Crippen LogP contribution is 2.53. The van der Waals surface area contributed by atoms with Gasteiger partial charge in [-0.3, -0.25) is 4.79 Å². The van der Waals surface area contributed by atoms with Crippen LogP contribution in [-0.4, -0.2) is 22.2 Å². The van der Waals surface area contributed by atoms with Crippen LogP contribution >= 0.6 is 34.8 Å². The van der Waals surface area contributed by atoms with Gasteiger partial charge < -0.3 is 4.90 Å². The second kappa shape index (κ2) is 4.68. The van der Waals surface area contributed by atoms with E-state index in [0.717, 1.165) is 5.56 Å². The Kier molecular flexibility index (Phi) is 3.58. The van der Waals surface area contributed by atoms with Crippen LogP contribution in [0.15, 0.2) is 24.3 Å². The maximum atomic E-state index is 12.0. The summed E-state index contributed by atoms with van der Waals surface area (Å²) in [5, 5.41) is 0.658. The number of carbonyl (C=O) groups is 1. The molecule has 1 aliphatic carbocycles. The molecule has 0 bridgehead atoms. The SMILES string of the molecule is CN(Cc1ccccc1Cl)C(=O)C1CC1(Cl)Cl. The molecule has 0 heterocycles. The summed E-state index contributed by atoms with van der Waals surface area (Å²) in [7, 11) is 1.73. The standard InChI is InChI=1S/C12H12Cl3NO/c1-16(11(17)9-6-12(9,14)15)7-8-4-2-3-5-10(8)13/h2-5,9H,6-7H2,1H3. The number of halogens is 3. The Morgan fingerprint density at radius 2 is 2.06 bits per heavy atom. The van der Waals surface area contributed by atoms with Crippen LogP contribution in [0.25, 0.3) is 0 Å². The normalized spacial score (nSPS) is 21.1. The van der Waals surface area contributed by atoms with E-state index in [0.29, 0.717) is 18.0 Å². The number of hydrogen-bond acceptors (Lipinski definition) is 1. The molecule has 1 aromatic rings. The van der Waals surface area contributed by atoms with Crippen molar-refractivity contribution in [2.45, 2.75) is 17.3 Å². The molecule has 0 saturated heterocycles. The first kappa shape index (κ1) is 13.0. The second-order valence-corrected chi connectivity index (χ2v) is 6.25. The van der Waals surface area contributed by atoms with Gasteiger partial charge in [0, 0.05) is 18.6 Å². The van der Waals surface area contributed by atoms with Crippen molar-refractivity contribution < 1.29 is 4.79 Å². The third-order valence-electron chi connectivity index (χ3n) is 2.87. The molecule has 0 radical (unpaired) electrons. The molecule has 0 aliphatic heterocycles. The van der Waals surface area contributed by atoms with Gasteiger partial charge in [0.25, 0.3) is 0 Å². The van der Waals surface area contributed by atoms with Crippen LogP contribution < -0.4 is 0 Å². The van der Waals surface area contributed by atoms with E-state index in [4.69, 9.17) is 34.8 Å². The van der Waals surface area contributed by atoms with Crippen molar-refractivity contribution in [1.82, 2.24) is 4.90 Å². The Balaban J connectivity index is 2.01. The van der Waals surface area contributed by atoms with Gasteiger partial charge in [-0.2, -0.15) is 0 Å². The van der Waals surface area contributed by atoms with Gasteiger partial charge in [-0.1, -0.05) is 29.8 Å². The summed E-state index contributed by atoms with van der Waals surface area (Å²) < 4.78 is -0.869. The molecule has 1 atom stereocenters. The number of alkyl halides is 2. The molecule has 1 saturated carbocycles. The molecular formula is C12H12Cl3NO. The molecule has 0 N–H and O–H groups in total. The van der Waals surface area contributed by atoms with E-state index in [1.165, 1.54) is 0 Å². The number of rotatable bonds is 3. The van der Waals surface area contributed by atoms with Gasteiger partial charge in [-0.25, -0.2) is 0 Å². The Labute approximate surface area is 115 Å². The van der Waals surface area contributed by atoms with E-state index in [1.807, 2.05) is 18.2 Å². The van der Waals surface area contributed by atoms with Crippen LogP contribution in [0.2, 0.25) is 5.02 Å². The van der Waals surface area contributed by atoms with E-state index in [1.54, 1.807) is 18.0 Å². The summed E-state index contributed by atoms with van der Waals surface area (Å²) in [6, 6.07) is 7.45. The number of nitrogens with zero attached hydrogens (tertiary/aromatic N) is 1. The summed E-state index contributed by atoms with van der Waals surface area (Å²) >= 11 is 17.8. The van der Waals surface area contributed by atoms with Gasteiger partial charge in [0.05, 0.1) is 5.92 Å². The summed E-state index contributed by atoms with van der Waals surface area (Å²) in [5.41, 5.74) is 0.917. The van der Waals surface area contributed by atoms with Crippen molar-refractivity contribution >= 4 is 40.7 Å². The fourth-order valence-electron chi connectivity index (χ4n) is 1.71. The molecule has 5 heteroatoms. The third-order valence-corrected chi connectivity index (χ3v) is 4.07. The average molecular weight is 293 g/mol. The molecule has 0 aromatic heterocycles. The molecule has 1 amide bonds. The molecule has 92 valence electrons. The monoisotopic (exact) mass is 291 g/mol. The predicted molar refractivity (Wildman–Crippen MR) is 70.5 cm³/mol. The Morgan fingerprint density at radius 3 is 2.59 bits per heavy atom. The van der Waals surface area contributed by atoms with Crippen LogP contribution in [0.4, 0.5) is 0 Å². The summed E-state index contributed by atoms with van der Waals surface area (Å²) in [6.45, 7) is 0.471. The van der Waals surface area contributed by atoms with Crippen molar-refractivity contribution in [3.63, 3.8) is 0 Å². The van der Waals surface area contributed by atoms with Crippen LogP contribution in [0.5, 0.6) is 0 Å². The number of hydrogen-bond donors (Lipinski definition) is 0. The summed E-state index contributed by atoms with van der Waals surface area (Å²) in [6.07, 6.45) is 0.530. The Morgan fingerprint density at radius 1 is 1.47 bits per heavy atom. The smallest absolute Gasteiger partial charge is 0.228 e. The predicted octanol–water partition coefficient (Wildman–Crippen LogP) is 3.49. The quantitative estimate of drug-likeness (QED) is 0.781. The molecule has 17 heavy (non-hydrogen) atoms. The lowest BCUT2D eigenvalue weighted by molar-refractivity contribution is -0.131. The fraction of sp³-hybridized carbons (Fsp3) is 0.417. The van der Waals surface area contributed by atoms with Crippen LogP contribution in [0.3, 0.4) is 0 Å². The minimum Gasteiger partial charge on any atom is -0.341 e. The summed E-state index contributed by atoms with van der Waals surface area (Å²) in [4.78, 5) is 13.6. The van der Waals surface area contributed by atoms with E-state index in [2.05, 4.69) is 0 Å². The zero-order chi connectivity index (χ0) is 12.6. The van der Waals surface area contributed by atoms with Gasteiger partial charge >= 0.3 is 0 Å². The lowest BCUT2D eigenvalue weighted by Crippen LogP contribution is -2.29. The van der Waals surface area contributed by atoms with Crippen LogP contribution in [0.1, 0.15) is 12.0 Å². The topological polar surface area (TPSA) is 20.3 Å². The van der Waals surface area contributed by atoms with E-state index in [9.17, 15) is 4.79 Å². The van der Waals surface area contributed by atoms with Gasteiger partial charge in [0.1, 0.15) is 4.33 Å². The third kappa shape index (κ3) is 2.87. The molecule has 2 nitrogen and oxygen atoms in total. The zero-order valence-electron chi connectivity index (χ0n) is 9.29. The van der Waals surface area contributed by atoms with Crippen molar-refractivity contribution in [1.29, 1.82) is 0 Å². The molecular weight excluding hydrogens is 280 g/mol. The Bertz CT molecular complexity index is 447. The van der Waals surface area contributed by atoms with Gasteiger partial charge in [0.2, 0.25) is 5.91 Å². The van der Waals surface area contributed by atoms with Crippen molar-refractivity contribution in [3.05, 3.63) is 34.9 Å². The van der Waals surface area contributed by atoms with Crippen molar-refractivity contribution in [2.75, 3.05) is 7.05 Å². The molecule has 1 fully saturated rings. The lowest BCUT2D eigenvalue weighted by Gasteiger charge is -2.18. The van der Waals surface area contributed by atoms with Crippen molar-refractivity contribution in [3.8, 4) is 0 Å². The van der Waals surface area contributed by atoms with Gasteiger partial charge in [0.15, 0.2) is 0 Å². The minimum absolute atomic E-state index is 0.0325. The first-order valence-corrected chi connectivity index (χ1v) is 6.41. The highest BCUT2D eigenvalue weighted by atomic mass is 35.5. The number of amides is 1. The average Bonchev–Trinajstić information content (AvgIpc) is 2.90. The largest absolute Gasteiger partial charge is 0.341 e. The minimum atomic E-state index is -0.869. The summed E-state index contributed by atoms with van der Waals surface area (Å²) in [5.74, 6) is -0.312. The Hall–Kier alpha value is -0.440. The van der Waals surface area contributed by atoms with E-state index < -0.39 is 4.33 Å². The van der Waals surface area contributed by atoms with E-state index >= 15 is 0 Å². The molecule has 1 aromatic carbocycles. The lowest BCUT2D eigenvalue weighted by atomic mass is 10.2. The highest BCUT2D eigenvalue weighted by Gasteiger charge is 2.57. The molecule has 1 unspecified atom stereocenters. The molecule has 0 spiro atoms. The first-order chi connectivity index (χ1) is 7.92. The van der Waals surface area contributed by atoms with Crippen molar-refractivity contribution in [2.24, 2.45) is 5.92 Å². The number of carbonyl (C=O) groups excluding carboxylic acids is 1. The van der Waals surface area contributed by atoms with E-state index in [-0.39, 0.29) is 11.8 Å². The maximum Gasteiger partial charge on any atom is 0.228 e. The van der Waals surface area contributed by atoms with Crippen LogP contribution in [0, 0.1) is 5.92 Å². The highest BCUT2D eigenvalue weighted by molar-refractivity contribution is 6.52. The van der Waals surface area contributed by atoms with Gasteiger partial charge in [-0.05, 0) is 18.1 Å². The molecule has 2 rings (SSSR count). The second-order valence-electron chi connectivity index (χ2n) is 4.30.